The molecule has 0 aliphatic carbocycles. The number of hydrogen-bond donors (Lipinski definition) is 1. The van der Waals surface area contributed by atoms with Gasteiger partial charge in [-0.1, -0.05) is 34.6 Å². The Labute approximate surface area is 127 Å². The van der Waals surface area contributed by atoms with Crippen LogP contribution in [0.1, 0.15) is 53.3 Å². The lowest BCUT2D eigenvalue weighted by Crippen LogP contribution is -2.19. The van der Waals surface area contributed by atoms with E-state index in [1.54, 1.807) is 0 Å². The minimum Gasteiger partial charge on any atom is -0.383 e. The van der Waals surface area contributed by atoms with Gasteiger partial charge in [-0.25, -0.2) is 9.97 Å². The lowest BCUT2D eigenvalue weighted by Gasteiger charge is -2.19. The van der Waals surface area contributed by atoms with Crippen molar-refractivity contribution in [3.05, 3.63) is 18.3 Å². The van der Waals surface area contributed by atoms with Gasteiger partial charge in [-0.05, 0) is 12.8 Å². The number of hydrogen-bond acceptors (Lipinski definition) is 3. The maximum absolute atomic E-state index is 6.40. The molecule has 0 aliphatic rings. The van der Waals surface area contributed by atoms with Crippen molar-refractivity contribution in [3.63, 3.8) is 0 Å². The number of rotatable bonds is 5. The van der Waals surface area contributed by atoms with E-state index in [1.165, 1.54) is 0 Å². The molecule has 0 fully saturated rings. The summed E-state index contributed by atoms with van der Waals surface area (Å²) in [7, 11) is 0. The molecule has 0 aromatic carbocycles. The maximum Gasteiger partial charge on any atom is 0.133 e. The van der Waals surface area contributed by atoms with Crippen molar-refractivity contribution in [1.29, 1.82) is 0 Å². The zero-order chi connectivity index (χ0) is 15.6. The second-order valence-corrected chi connectivity index (χ2v) is 6.54. The Morgan fingerprint density at radius 3 is 2.38 bits per heavy atom. The van der Waals surface area contributed by atoms with Gasteiger partial charge in [0.2, 0.25) is 0 Å². The van der Waals surface area contributed by atoms with Crippen LogP contribution in [0.15, 0.2) is 12.5 Å². The van der Waals surface area contributed by atoms with E-state index in [4.69, 9.17) is 10.7 Å². The Morgan fingerprint density at radius 1 is 1.14 bits per heavy atom. The molecule has 0 aliphatic heterocycles. The van der Waals surface area contributed by atoms with Crippen LogP contribution in [0.4, 0.5) is 5.82 Å². The van der Waals surface area contributed by atoms with Crippen molar-refractivity contribution in [2.45, 2.75) is 66.0 Å². The van der Waals surface area contributed by atoms with Crippen LogP contribution in [-0.2, 0) is 18.5 Å². The highest BCUT2D eigenvalue weighted by Crippen LogP contribution is 2.32. The monoisotopic (exact) mass is 289 g/mol. The summed E-state index contributed by atoms with van der Waals surface area (Å²) in [5, 5.41) is 0. The van der Waals surface area contributed by atoms with Gasteiger partial charge in [0.15, 0.2) is 0 Å². The molecule has 21 heavy (non-hydrogen) atoms. The summed E-state index contributed by atoms with van der Waals surface area (Å²) in [6.45, 7) is 12.7. The largest absolute Gasteiger partial charge is 0.383 e. The highest BCUT2D eigenvalue weighted by atomic mass is 15.2. The summed E-state index contributed by atoms with van der Waals surface area (Å²) in [6, 6.07) is 0. The molecule has 5 heteroatoms. The third-order valence-electron chi connectivity index (χ3n) is 3.54. The Balaban J connectivity index is 2.57. The van der Waals surface area contributed by atoms with Gasteiger partial charge in [-0.3, -0.25) is 0 Å². The molecule has 0 radical (unpaired) electrons. The van der Waals surface area contributed by atoms with E-state index in [1.807, 2.05) is 12.5 Å². The summed E-state index contributed by atoms with van der Waals surface area (Å²) in [5.74, 6) is 1.79. The Morgan fingerprint density at radius 2 is 1.81 bits per heavy atom. The van der Waals surface area contributed by atoms with Crippen molar-refractivity contribution in [2.75, 3.05) is 5.73 Å². The van der Waals surface area contributed by atoms with Gasteiger partial charge in [-0.15, -0.1) is 0 Å². The third kappa shape index (κ3) is 2.96. The molecule has 2 rings (SSSR count). The zero-order valence-corrected chi connectivity index (χ0v) is 13.8. The van der Waals surface area contributed by atoms with E-state index in [0.717, 1.165) is 49.0 Å². The Hall–Kier alpha value is -1.78. The number of anilines is 1. The molecule has 0 saturated heterocycles. The molecule has 2 heterocycles. The van der Waals surface area contributed by atoms with E-state index >= 15 is 0 Å². The minimum absolute atomic E-state index is 0.0306. The smallest absolute Gasteiger partial charge is 0.133 e. The first kappa shape index (κ1) is 15.6. The molecule has 0 bridgehead atoms. The number of nitrogens with two attached hydrogens (primary N) is 1. The summed E-state index contributed by atoms with van der Waals surface area (Å²) in [5.41, 5.74) is 8.24. The number of aryl methyl sites for hydroxylation is 1. The molecule has 0 spiro atoms. The number of imidazole rings is 2. The molecule has 116 valence electrons. The van der Waals surface area contributed by atoms with Gasteiger partial charge >= 0.3 is 0 Å². The molecule has 5 nitrogen and oxygen atoms in total. The second-order valence-electron chi connectivity index (χ2n) is 6.54. The first-order valence-electron chi connectivity index (χ1n) is 7.77. The van der Waals surface area contributed by atoms with Crippen LogP contribution in [0.5, 0.6) is 0 Å². The van der Waals surface area contributed by atoms with E-state index in [2.05, 4.69) is 48.7 Å². The van der Waals surface area contributed by atoms with Crippen molar-refractivity contribution < 1.29 is 0 Å². The third-order valence-corrected chi connectivity index (χ3v) is 3.54. The fraction of sp³-hybridized carbons (Fsp3) is 0.625. The highest BCUT2D eigenvalue weighted by molar-refractivity contribution is 5.68. The van der Waals surface area contributed by atoms with Gasteiger partial charge in [-0.2, -0.15) is 0 Å². The normalized spacial score (nSPS) is 12.0. The fourth-order valence-electron chi connectivity index (χ4n) is 2.61. The lowest BCUT2D eigenvalue weighted by molar-refractivity contribution is 0.498. The zero-order valence-electron chi connectivity index (χ0n) is 13.8. The van der Waals surface area contributed by atoms with Crippen LogP contribution in [0.25, 0.3) is 11.4 Å². The first-order chi connectivity index (χ1) is 9.90. The van der Waals surface area contributed by atoms with Crippen LogP contribution in [0.3, 0.4) is 0 Å². The summed E-state index contributed by atoms with van der Waals surface area (Å²) in [4.78, 5) is 9.13. The van der Waals surface area contributed by atoms with Gasteiger partial charge in [0.1, 0.15) is 17.3 Å². The summed E-state index contributed by atoms with van der Waals surface area (Å²) in [6.07, 6.45) is 5.81. The van der Waals surface area contributed by atoms with Crippen molar-refractivity contribution in [2.24, 2.45) is 0 Å². The Kier molecular flexibility index (Phi) is 4.40. The SMILES string of the molecule is CCCn1cncc1-c1nc(C(C)(C)C)n(CCC)c1N. The maximum atomic E-state index is 6.40. The molecule has 0 amide bonds. The van der Waals surface area contributed by atoms with Gasteiger partial charge in [0.25, 0.3) is 0 Å². The molecule has 0 unspecified atom stereocenters. The summed E-state index contributed by atoms with van der Waals surface area (Å²) >= 11 is 0. The predicted molar refractivity (Wildman–Crippen MR) is 87.1 cm³/mol. The quantitative estimate of drug-likeness (QED) is 0.917. The topological polar surface area (TPSA) is 61.7 Å². The standard InChI is InChI=1S/C16H27N5/c1-6-8-20-11-18-10-12(20)13-14(17)21(9-7-2)15(19-13)16(3,4)5/h10-11H,6-9,17H2,1-5H3. The minimum atomic E-state index is -0.0306. The molecular formula is C16H27N5. The van der Waals surface area contributed by atoms with Crippen molar-refractivity contribution in [3.8, 4) is 11.4 Å². The van der Waals surface area contributed by atoms with Crippen molar-refractivity contribution in [1.82, 2.24) is 19.1 Å². The molecule has 2 N–H and O–H groups in total. The average Bonchev–Trinajstić information content (AvgIpc) is 2.96. The summed E-state index contributed by atoms with van der Waals surface area (Å²) < 4.78 is 4.28. The van der Waals surface area contributed by atoms with E-state index < -0.39 is 0 Å². The molecule has 0 saturated carbocycles. The van der Waals surface area contributed by atoms with Crippen LogP contribution >= 0.6 is 0 Å². The predicted octanol–water partition coefficient (Wildman–Crippen LogP) is 3.45. The van der Waals surface area contributed by atoms with Gasteiger partial charge in [0.05, 0.1) is 18.2 Å². The molecule has 2 aromatic heterocycles. The van der Waals surface area contributed by atoms with Crippen LogP contribution < -0.4 is 5.73 Å². The first-order valence-corrected chi connectivity index (χ1v) is 7.77. The fourth-order valence-corrected chi connectivity index (χ4v) is 2.61. The van der Waals surface area contributed by atoms with E-state index in [9.17, 15) is 0 Å². The average molecular weight is 289 g/mol. The molecular weight excluding hydrogens is 262 g/mol. The van der Waals surface area contributed by atoms with E-state index in [0.29, 0.717) is 0 Å². The van der Waals surface area contributed by atoms with Gasteiger partial charge < -0.3 is 14.9 Å². The van der Waals surface area contributed by atoms with Crippen LogP contribution in [0, 0.1) is 0 Å². The van der Waals surface area contributed by atoms with Crippen molar-refractivity contribution >= 4 is 5.82 Å². The number of nitrogen functional groups attached to an aromatic ring is 1. The highest BCUT2D eigenvalue weighted by Gasteiger charge is 2.26. The van der Waals surface area contributed by atoms with Crippen LogP contribution in [0.2, 0.25) is 0 Å². The van der Waals surface area contributed by atoms with E-state index in [-0.39, 0.29) is 5.41 Å². The molecule has 2 aromatic rings. The molecule has 0 atom stereocenters. The lowest BCUT2D eigenvalue weighted by atomic mass is 9.95. The van der Waals surface area contributed by atoms with Gasteiger partial charge in [0, 0.05) is 18.5 Å². The number of nitrogens with zero attached hydrogens (tertiary/aromatic N) is 4. The second kappa shape index (κ2) is 5.92. The Bertz CT molecular complexity index is 601. The number of aromatic nitrogens is 4. The van der Waals surface area contributed by atoms with Crippen LogP contribution in [-0.4, -0.2) is 19.1 Å².